The molecule has 1 aromatic heterocycles. The number of aromatic nitrogens is 2. The first-order valence-electron chi connectivity index (χ1n) is 14.5. The molecular formula is C32H37F3N4O4. The summed E-state index contributed by atoms with van der Waals surface area (Å²) in [5, 5.41) is 2.48. The Morgan fingerprint density at radius 2 is 1.84 bits per heavy atom. The van der Waals surface area contributed by atoms with E-state index in [0.717, 1.165) is 35.6 Å². The molecule has 230 valence electrons. The fourth-order valence-electron chi connectivity index (χ4n) is 5.52. The van der Waals surface area contributed by atoms with Gasteiger partial charge >= 0.3 is 18.1 Å². The number of aryl methyl sites for hydroxylation is 1. The van der Waals surface area contributed by atoms with Gasteiger partial charge in [0, 0.05) is 30.4 Å². The highest BCUT2D eigenvalue weighted by Gasteiger charge is 2.43. The Bertz CT molecular complexity index is 1400. The minimum atomic E-state index is -5.37. The first-order chi connectivity index (χ1) is 20.5. The zero-order valence-corrected chi connectivity index (χ0v) is 24.4. The third kappa shape index (κ3) is 9.00. The average molecular weight is 599 g/mol. The molecule has 0 radical (unpaired) electrons. The molecule has 1 amide bonds. The number of esters is 2. The van der Waals surface area contributed by atoms with Crippen molar-refractivity contribution >= 4 is 17.8 Å². The van der Waals surface area contributed by atoms with Crippen molar-refractivity contribution in [1.29, 1.82) is 0 Å². The van der Waals surface area contributed by atoms with Crippen molar-refractivity contribution in [2.24, 2.45) is 5.92 Å². The topological polar surface area (TPSA) is 104 Å². The predicted octanol–water partition coefficient (Wildman–Crippen LogP) is 5.76. The minimum Gasteiger partial charge on any atom is -0.385 e. The van der Waals surface area contributed by atoms with E-state index in [1.165, 1.54) is 44.6 Å². The number of imidazole rings is 1. The van der Waals surface area contributed by atoms with Gasteiger partial charge in [-0.1, -0.05) is 62.4 Å². The third-order valence-electron chi connectivity index (χ3n) is 7.85. The summed E-state index contributed by atoms with van der Waals surface area (Å²) in [6.45, 7) is 3.55. The number of alkyl halides is 3. The largest absolute Gasteiger partial charge is 0.491 e. The van der Waals surface area contributed by atoms with Gasteiger partial charge in [0.05, 0.1) is 6.33 Å². The van der Waals surface area contributed by atoms with E-state index in [0.29, 0.717) is 17.8 Å². The second-order valence-corrected chi connectivity index (χ2v) is 11.2. The standard InChI is InChI=1S/C32H37F3N4O4/c1-21-8-6-7-11-25(21)27-16-23(19-39(2)15-14-22-9-4-3-5-10-22)12-13-26(27)29(40)38-28(17-24-18-36-20-37-24)30(41)43-31(42)32(33,34)35/h6-8,11-13,16,18,20,22,28H,3-5,9-10,14-15,17,19H2,1-2H3,(H,36,37)(H,38,40)/t28-/m0/s1. The summed E-state index contributed by atoms with van der Waals surface area (Å²) < 4.78 is 42.4. The molecule has 1 fully saturated rings. The highest BCUT2D eigenvalue weighted by Crippen LogP contribution is 2.30. The molecule has 8 nitrogen and oxygen atoms in total. The summed E-state index contributed by atoms with van der Waals surface area (Å²) in [7, 11) is 2.07. The van der Waals surface area contributed by atoms with Gasteiger partial charge in [-0.05, 0) is 67.2 Å². The summed E-state index contributed by atoms with van der Waals surface area (Å²) in [5.41, 5.74) is 3.92. The second kappa shape index (κ2) is 14.5. The van der Waals surface area contributed by atoms with Crippen molar-refractivity contribution in [2.75, 3.05) is 13.6 Å². The smallest absolute Gasteiger partial charge is 0.385 e. The molecule has 43 heavy (non-hydrogen) atoms. The quantitative estimate of drug-likeness (QED) is 0.215. The molecule has 11 heteroatoms. The number of nitrogens with one attached hydrogen (secondary N) is 2. The maximum atomic E-state index is 13.6. The number of rotatable bonds is 11. The van der Waals surface area contributed by atoms with Crippen LogP contribution in [0, 0.1) is 12.8 Å². The van der Waals surface area contributed by atoms with Gasteiger partial charge in [0.2, 0.25) is 0 Å². The lowest BCUT2D eigenvalue weighted by molar-refractivity contribution is -0.202. The molecule has 2 aromatic carbocycles. The molecule has 1 saturated carbocycles. The van der Waals surface area contributed by atoms with E-state index < -0.39 is 30.1 Å². The van der Waals surface area contributed by atoms with Crippen molar-refractivity contribution in [3.63, 3.8) is 0 Å². The normalized spacial score (nSPS) is 14.8. The van der Waals surface area contributed by atoms with Crippen LogP contribution in [0.2, 0.25) is 0 Å². The van der Waals surface area contributed by atoms with Crippen molar-refractivity contribution in [3.05, 3.63) is 77.4 Å². The Morgan fingerprint density at radius 1 is 1.09 bits per heavy atom. The van der Waals surface area contributed by atoms with E-state index in [2.05, 4.69) is 32.0 Å². The second-order valence-electron chi connectivity index (χ2n) is 11.2. The van der Waals surface area contributed by atoms with Crippen LogP contribution in [0.1, 0.15) is 65.7 Å². The van der Waals surface area contributed by atoms with Crippen LogP contribution in [0.5, 0.6) is 0 Å². The lowest BCUT2D eigenvalue weighted by atomic mass is 9.87. The number of hydrogen-bond donors (Lipinski definition) is 2. The number of aromatic amines is 1. The molecule has 1 aliphatic rings. The highest BCUT2D eigenvalue weighted by molar-refractivity contribution is 6.03. The van der Waals surface area contributed by atoms with Crippen LogP contribution >= 0.6 is 0 Å². The summed E-state index contributed by atoms with van der Waals surface area (Å²) >= 11 is 0. The van der Waals surface area contributed by atoms with Crippen LogP contribution in [0.15, 0.2) is 55.0 Å². The summed E-state index contributed by atoms with van der Waals surface area (Å²) in [6.07, 6.45) is 4.69. The number of nitrogens with zero attached hydrogens (tertiary/aromatic N) is 2. The first kappa shape index (κ1) is 31.9. The van der Waals surface area contributed by atoms with E-state index in [4.69, 9.17) is 0 Å². The van der Waals surface area contributed by atoms with Gasteiger partial charge in [0.1, 0.15) is 6.04 Å². The molecule has 2 N–H and O–H groups in total. The van der Waals surface area contributed by atoms with E-state index in [9.17, 15) is 27.6 Å². The maximum Gasteiger partial charge on any atom is 0.491 e. The molecule has 3 aromatic rings. The average Bonchev–Trinajstić information content (AvgIpc) is 3.49. The summed E-state index contributed by atoms with van der Waals surface area (Å²) in [5.74, 6) is -4.12. The van der Waals surface area contributed by atoms with E-state index in [1.54, 1.807) is 6.07 Å². The molecule has 1 atom stereocenters. The number of halogens is 3. The Labute approximate surface area is 249 Å². The Kier molecular flexibility index (Phi) is 10.7. The number of hydrogen-bond acceptors (Lipinski definition) is 6. The van der Waals surface area contributed by atoms with Crippen molar-refractivity contribution in [2.45, 2.75) is 70.6 Å². The van der Waals surface area contributed by atoms with Crippen LogP contribution in [0.3, 0.4) is 0 Å². The molecule has 1 heterocycles. The van der Waals surface area contributed by atoms with Crippen LogP contribution in [0.25, 0.3) is 11.1 Å². The fraction of sp³-hybridized carbons (Fsp3) is 0.438. The van der Waals surface area contributed by atoms with E-state index in [1.807, 2.05) is 43.3 Å². The van der Waals surface area contributed by atoms with Gasteiger partial charge in [-0.15, -0.1) is 0 Å². The zero-order chi connectivity index (χ0) is 31.0. The molecular weight excluding hydrogens is 561 g/mol. The lowest BCUT2D eigenvalue weighted by Gasteiger charge is -2.25. The summed E-state index contributed by atoms with van der Waals surface area (Å²) in [6, 6.07) is 11.4. The molecule has 0 unspecified atom stereocenters. The van der Waals surface area contributed by atoms with Crippen LogP contribution in [-0.4, -0.2) is 58.5 Å². The molecule has 0 aliphatic heterocycles. The monoisotopic (exact) mass is 598 g/mol. The zero-order valence-electron chi connectivity index (χ0n) is 24.4. The SMILES string of the molecule is Cc1ccccc1-c1cc(CN(C)CCC2CCCCC2)ccc1C(=O)N[C@@H](Cc1cnc[nH]1)C(=O)OC(=O)C(F)(F)F. The van der Waals surface area contributed by atoms with E-state index >= 15 is 0 Å². The number of H-pyrrole nitrogens is 1. The van der Waals surface area contributed by atoms with E-state index in [-0.39, 0.29) is 12.0 Å². The van der Waals surface area contributed by atoms with Crippen LogP contribution in [0.4, 0.5) is 13.2 Å². The van der Waals surface area contributed by atoms with Crippen LogP contribution in [-0.2, 0) is 27.3 Å². The first-order valence-corrected chi connectivity index (χ1v) is 14.5. The molecule has 0 saturated heterocycles. The molecule has 0 bridgehead atoms. The highest BCUT2D eigenvalue weighted by atomic mass is 19.4. The predicted molar refractivity (Wildman–Crippen MR) is 155 cm³/mol. The van der Waals surface area contributed by atoms with Crippen molar-refractivity contribution in [1.82, 2.24) is 20.2 Å². The Balaban J connectivity index is 1.57. The molecule has 0 spiro atoms. The molecule has 1 aliphatic carbocycles. The number of carbonyl (C=O) groups excluding carboxylic acids is 3. The number of carbonyl (C=O) groups is 3. The Hall–Kier alpha value is -3.99. The van der Waals surface area contributed by atoms with Crippen LogP contribution < -0.4 is 5.32 Å². The summed E-state index contributed by atoms with van der Waals surface area (Å²) in [4.78, 5) is 46.5. The minimum absolute atomic E-state index is 0.229. The third-order valence-corrected chi connectivity index (χ3v) is 7.85. The van der Waals surface area contributed by atoms with Gasteiger partial charge in [-0.2, -0.15) is 13.2 Å². The number of amides is 1. The molecule has 4 rings (SSSR count). The van der Waals surface area contributed by atoms with Gasteiger partial charge in [-0.3, -0.25) is 4.79 Å². The van der Waals surface area contributed by atoms with Gasteiger partial charge in [0.25, 0.3) is 5.91 Å². The number of ether oxygens (including phenoxy) is 1. The maximum absolute atomic E-state index is 13.6. The van der Waals surface area contributed by atoms with Gasteiger partial charge in [0.15, 0.2) is 0 Å². The number of benzene rings is 2. The van der Waals surface area contributed by atoms with Gasteiger partial charge < -0.3 is 19.9 Å². The Morgan fingerprint density at radius 3 is 2.51 bits per heavy atom. The van der Waals surface area contributed by atoms with Crippen molar-refractivity contribution in [3.8, 4) is 11.1 Å². The van der Waals surface area contributed by atoms with Crippen molar-refractivity contribution < 1.29 is 32.3 Å². The lowest BCUT2D eigenvalue weighted by Crippen LogP contribution is -2.45. The van der Waals surface area contributed by atoms with Gasteiger partial charge in [-0.25, -0.2) is 14.6 Å². The fourth-order valence-corrected chi connectivity index (χ4v) is 5.52.